The molecule has 9 heteroatoms. The zero-order valence-corrected chi connectivity index (χ0v) is 15.7. The summed E-state index contributed by atoms with van der Waals surface area (Å²) in [5.74, 6) is -0.824. The Bertz CT molecular complexity index is 870. The maximum Gasteiger partial charge on any atom is 0.416 e. The van der Waals surface area contributed by atoms with Gasteiger partial charge in [0.25, 0.3) is 0 Å². The van der Waals surface area contributed by atoms with Crippen molar-refractivity contribution in [1.82, 2.24) is 0 Å². The normalized spacial score (nSPS) is 16.4. The molecule has 2 aromatic rings. The Morgan fingerprint density at radius 1 is 1.22 bits per heavy atom. The molecule has 1 atom stereocenters. The Balaban J connectivity index is 1.66. The summed E-state index contributed by atoms with van der Waals surface area (Å²) in [7, 11) is 0. The minimum Gasteiger partial charge on any atom is -0.326 e. The topological polar surface area (TPSA) is 58.2 Å². The summed E-state index contributed by atoms with van der Waals surface area (Å²) < 4.78 is 38.4. The SMILES string of the molecule is CSc1ccc(NC(=O)CC2Sc3ccc(C(F)(F)F)cc3NC2=O)cc1. The highest BCUT2D eigenvalue weighted by atomic mass is 32.2. The first-order valence-corrected chi connectivity index (χ1v) is 9.99. The molecule has 27 heavy (non-hydrogen) atoms. The molecule has 0 aliphatic carbocycles. The van der Waals surface area contributed by atoms with Crippen LogP contribution in [0.25, 0.3) is 0 Å². The molecule has 3 rings (SSSR count). The van der Waals surface area contributed by atoms with E-state index in [4.69, 9.17) is 0 Å². The number of anilines is 2. The first-order valence-electron chi connectivity index (χ1n) is 7.89. The van der Waals surface area contributed by atoms with Crippen LogP contribution in [-0.2, 0) is 15.8 Å². The van der Waals surface area contributed by atoms with Crippen LogP contribution in [-0.4, -0.2) is 23.3 Å². The summed E-state index contributed by atoms with van der Waals surface area (Å²) in [4.78, 5) is 26.0. The number of amides is 2. The predicted octanol–water partition coefficient (Wildman–Crippen LogP) is 4.87. The van der Waals surface area contributed by atoms with Crippen molar-refractivity contribution in [3.8, 4) is 0 Å². The van der Waals surface area contributed by atoms with E-state index in [1.165, 1.54) is 6.07 Å². The molecule has 0 saturated heterocycles. The van der Waals surface area contributed by atoms with Crippen LogP contribution >= 0.6 is 23.5 Å². The molecule has 4 nitrogen and oxygen atoms in total. The number of hydrogen-bond acceptors (Lipinski definition) is 4. The molecule has 2 aromatic carbocycles. The summed E-state index contributed by atoms with van der Waals surface area (Å²) in [5, 5.41) is 4.48. The fraction of sp³-hybridized carbons (Fsp3) is 0.222. The number of carbonyl (C=O) groups excluding carboxylic acids is 2. The van der Waals surface area contributed by atoms with Crippen molar-refractivity contribution in [2.24, 2.45) is 0 Å². The number of alkyl halides is 3. The minimum atomic E-state index is -4.48. The van der Waals surface area contributed by atoms with Crippen molar-refractivity contribution in [2.45, 2.75) is 27.6 Å². The third kappa shape index (κ3) is 4.78. The van der Waals surface area contributed by atoms with Crippen molar-refractivity contribution in [3.63, 3.8) is 0 Å². The fourth-order valence-corrected chi connectivity index (χ4v) is 4.01. The maximum absolute atomic E-state index is 12.8. The third-order valence-electron chi connectivity index (χ3n) is 3.87. The number of halogens is 3. The van der Waals surface area contributed by atoms with Gasteiger partial charge in [-0.3, -0.25) is 9.59 Å². The van der Waals surface area contributed by atoms with E-state index >= 15 is 0 Å². The van der Waals surface area contributed by atoms with Gasteiger partial charge in [-0.2, -0.15) is 13.2 Å². The largest absolute Gasteiger partial charge is 0.416 e. The van der Waals surface area contributed by atoms with Gasteiger partial charge in [0, 0.05) is 21.9 Å². The lowest BCUT2D eigenvalue weighted by Crippen LogP contribution is -2.32. The van der Waals surface area contributed by atoms with Crippen molar-refractivity contribution >= 4 is 46.7 Å². The van der Waals surface area contributed by atoms with E-state index in [-0.39, 0.29) is 18.0 Å². The van der Waals surface area contributed by atoms with Gasteiger partial charge >= 0.3 is 6.18 Å². The quantitative estimate of drug-likeness (QED) is 0.704. The highest BCUT2D eigenvalue weighted by Crippen LogP contribution is 2.40. The Kier molecular flexibility index (Phi) is 5.71. The number of thioether (sulfide) groups is 2. The lowest BCUT2D eigenvalue weighted by Gasteiger charge is -2.24. The van der Waals surface area contributed by atoms with E-state index in [2.05, 4.69) is 10.6 Å². The van der Waals surface area contributed by atoms with Crippen LogP contribution in [0.1, 0.15) is 12.0 Å². The minimum absolute atomic E-state index is 0.0821. The number of benzene rings is 2. The lowest BCUT2D eigenvalue weighted by molar-refractivity contribution is -0.137. The van der Waals surface area contributed by atoms with Gasteiger partial charge in [0.1, 0.15) is 0 Å². The summed E-state index contributed by atoms with van der Waals surface area (Å²) in [6.45, 7) is 0. The monoisotopic (exact) mass is 412 g/mol. The van der Waals surface area contributed by atoms with Crippen LogP contribution in [0.15, 0.2) is 52.3 Å². The van der Waals surface area contributed by atoms with Crippen LogP contribution in [0, 0.1) is 0 Å². The first kappa shape index (κ1) is 19.6. The van der Waals surface area contributed by atoms with E-state index in [0.29, 0.717) is 10.6 Å². The van der Waals surface area contributed by atoms with Crippen molar-refractivity contribution in [3.05, 3.63) is 48.0 Å². The van der Waals surface area contributed by atoms with Crippen LogP contribution in [0.4, 0.5) is 24.5 Å². The Labute approximate surface area is 162 Å². The lowest BCUT2D eigenvalue weighted by atomic mass is 10.1. The molecule has 0 aromatic heterocycles. The van der Waals surface area contributed by atoms with Crippen LogP contribution < -0.4 is 10.6 Å². The average Bonchev–Trinajstić information content (AvgIpc) is 2.61. The van der Waals surface area contributed by atoms with Gasteiger partial charge in [-0.15, -0.1) is 23.5 Å². The number of fused-ring (bicyclic) bond motifs is 1. The summed E-state index contributed by atoms with van der Waals surface area (Å²) in [6, 6.07) is 10.5. The van der Waals surface area contributed by atoms with Crippen molar-refractivity contribution in [2.75, 3.05) is 16.9 Å². The van der Waals surface area contributed by atoms with Crippen LogP contribution in [0.2, 0.25) is 0 Å². The van der Waals surface area contributed by atoms with Gasteiger partial charge in [0.2, 0.25) is 11.8 Å². The van der Waals surface area contributed by atoms with Gasteiger partial charge < -0.3 is 10.6 Å². The van der Waals surface area contributed by atoms with Crippen molar-refractivity contribution in [1.29, 1.82) is 0 Å². The molecule has 2 N–H and O–H groups in total. The average molecular weight is 412 g/mol. The molecule has 2 amide bonds. The van der Waals surface area contributed by atoms with Gasteiger partial charge in [-0.1, -0.05) is 0 Å². The Morgan fingerprint density at radius 2 is 1.93 bits per heavy atom. The van der Waals surface area contributed by atoms with Gasteiger partial charge in [0.05, 0.1) is 16.5 Å². The first-order chi connectivity index (χ1) is 12.8. The second kappa shape index (κ2) is 7.85. The zero-order valence-electron chi connectivity index (χ0n) is 14.1. The van der Waals surface area contributed by atoms with Gasteiger partial charge in [0.15, 0.2) is 0 Å². The van der Waals surface area contributed by atoms with E-state index < -0.39 is 22.9 Å². The Morgan fingerprint density at radius 3 is 2.56 bits per heavy atom. The van der Waals surface area contributed by atoms with Crippen LogP contribution in [0.3, 0.4) is 0 Å². The van der Waals surface area contributed by atoms with Gasteiger partial charge in [-0.25, -0.2) is 0 Å². The molecule has 0 saturated carbocycles. The second-order valence-corrected chi connectivity index (χ2v) is 7.91. The highest BCUT2D eigenvalue weighted by Gasteiger charge is 2.34. The van der Waals surface area contributed by atoms with E-state index in [0.717, 1.165) is 28.8 Å². The molecular weight excluding hydrogens is 397 g/mol. The summed E-state index contributed by atoms with van der Waals surface area (Å²) in [6.07, 6.45) is -2.61. The molecule has 0 radical (unpaired) electrons. The molecule has 0 spiro atoms. The number of rotatable bonds is 4. The molecule has 0 bridgehead atoms. The van der Waals surface area contributed by atoms with E-state index in [1.54, 1.807) is 23.9 Å². The molecule has 142 valence electrons. The highest BCUT2D eigenvalue weighted by molar-refractivity contribution is 8.01. The molecule has 0 fully saturated rings. The van der Waals surface area contributed by atoms with Gasteiger partial charge in [-0.05, 0) is 48.7 Å². The number of hydrogen-bond donors (Lipinski definition) is 2. The zero-order chi connectivity index (χ0) is 19.6. The van der Waals surface area contributed by atoms with E-state index in [9.17, 15) is 22.8 Å². The maximum atomic E-state index is 12.8. The number of nitrogens with one attached hydrogen (secondary N) is 2. The fourth-order valence-electron chi connectivity index (χ4n) is 2.52. The molecular formula is C18H15F3N2O2S2. The predicted molar refractivity (Wildman–Crippen MR) is 101 cm³/mol. The third-order valence-corrected chi connectivity index (χ3v) is 5.89. The summed E-state index contributed by atoms with van der Waals surface area (Å²) >= 11 is 2.67. The molecule has 1 unspecified atom stereocenters. The second-order valence-electron chi connectivity index (χ2n) is 5.79. The standard InChI is InChI=1S/C18H15F3N2O2S2/c1-26-12-5-3-11(4-6-12)22-16(24)9-15-17(25)23-13-8-10(18(19,20)21)2-7-14(13)27-15/h2-8,15H,9H2,1H3,(H,22,24)(H,23,25). The summed E-state index contributed by atoms with van der Waals surface area (Å²) in [5.41, 5.74) is -0.0922. The molecule has 1 aliphatic heterocycles. The van der Waals surface area contributed by atoms with Crippen molar-refractivity contribution < 1.29 is 22.8 Å². The molecule has 1 heterocycles. The van der Waals surface area contributed by atoms with E-state index in [1.807, 2.05) is 18.4 Å². The smallest absolute Gasteiger partial charge is 0.326 e. The molecule has 1 aliphatic rings. The van der Waals surface area contributed by atoms with Crippen LogP contribution in [0.5, 0.6) is 0 Å². The Hall–Kier alpha value is -2.13. The number of carbonyl (C=O) groups is 2.